The molecule has 2 rings (SSSR count). The van der Waals surface area contributed by atoms with Crippen LogP contribution < -0.4 is 5.32 Å². The first-order valence-corrected chi connectivity index (χ1v) is 9.27. The van der Waals surface area contributed by atoms with Crippen LogP contribution in [0.1, 0.15) is 38.2 Å². The van der Waals surface area contributed by atoms with Gasteiger partial charge in [-0.1, -0.05) is 30.3 Å². The first-order chi connectivity index (χ1) is 13.0. The van der Waals surface area contributed by atoms with E-state index in [0.29, 0.717) is 32.3 Å². The Morgan fingerprint density at radius 3 is 2.41 bits per heavy atom. The van der Waals surface area contributed by atoms with Crippen molar-refractivity contribution in [3.05, 3.63) is 35.9 Å². The number of carbonyl (C=O) groups is 2. The van der Waals surface area contributed by atoms with Crippen LogP contribution in [0.25, 0.3) is 0 Å². The number of alkyl carbamates (subject to hydrolysis) is 1. The molecule has 1 aromatic rings. The van der Waals surface area contributed by atoms with Gasteiger partial charge < -0.3 is 24.3 Å². The summed E-state index contributed by atoms with van der Waals surface area (Å²) in [5.41, 5.74) is 0.876. The van der Waals surface area contributed by atoms with Crippen LogP contribution in [0.3, 0.4) is 0 Å². The Labute approximate surface area is 160 Å². The number of ether oxygens (including phenoxy) is 4. The molecule has 1 aliphatic carbocycles. The van der Waals surface area contributed by atoms with Crippen molar-refractivity contribution in [3.8, 4) is 0 Å². The topological polar surface area (TPSA) is 83.1 Å². The Morgan fingerprint density at radius 1 is 1.19 bits per heavy atom. The Hall–Kier alpha value is -2.12. The van der Waals surface area contributed by atoms with Crippen molar-refractivity contribution < 1.29 is 28.5 Å². The summed E-state index contributed by atoms with van der Waals surface area (Å²) in [4.78, 5) is 24.4. The van der Waals surface area contributed by atoms with E-state index in [2.05, 4.69) is 5.32 Å². The number of carbonyl (C=O) groups excluding carboxylic acids is 2. The lowest BCUT2D eigenvalue weighted by Crippen LogP contribution is -2.50. The summed E-state index contributed by atoms with van der Waals surface area (Å²) >= 11 is 0. The zero-order valence-corrected chi connectivity index (χ0v) is 16.2. The van der Waals surface area contributed by atoms with Gasteiger partial charge in [-0.15, -0.1) is 0 Å². The maximum Gasteiger partial charge on any atom is 0.408 e. The smallest absolute Gasteiger partial charge is 0.408 e. The van der Waals surface area contributed by atoms with E-state index in [1.54, 1.807) is 7.11 Å². The van der Waals surface area contributed by atoms with E-state index in [1.807, 2.05) is 37.3 Å². The number of methoxy groups -OCH3 is 2. The van der Waals surface area contributed by atoms with Gasteiger partial charge in [-0.2, -0.15) is 0 Å². The first-order valence-electron chi connectivity index (χ1n) is 9.27. The number of hydrogen-bond acceptors (Lipinski definition) is 6. The molecule has 0 aliphatic heterocycles. The van der Waals surface area contributed by atoms with E-state index in [-0.39, 0.29) is 12.5 Å². The highest BCUT2D eigenvalue weighted by Crippen LogP contribution is 2.37. The molecule has 0 heterocycles. The molecule has 1 saturated carbocycles. The first kappa shape index (κ1) is 21.2. The van der Waals surface area contributed by atoms with Gasteiger partial charge in [0.15, 0.2) is 5.79 Å². The monoisotopic (exact) mass is 379 g/mol. The van der Waals surface area contributed by atoms with Gasteiger partial charge in [0.1, 0.15) is 12.6 Å². The fraction of sp³-hybridized carbons (Fsp3) is 0.600. The molecule has 0 radical (unpaired) electrons. The SMILES string of the molecule is CCOC1(OC)CCC([C@H](NC(=O)OCc2ccccc2)C(=O)OC)CC1. The summed E-state index contributed by atoms with van der Waals surface area (Å²) in [5.74, 6) is -1.15. The molecule has 1 atom stereocenters. The minimum Gasteiger partial charge on any atom is -0.467 e. The van der Waals surface area contributed by atoms with Gasteiger partial charge in [0.2, 0.25) is 0 Å². The third-order valence-corrected chi connectivity index (χ3v) is 4.98. The predicted octanol–water partition coefficient (Wildman–Crippen LogP) is 3.02. The number of amides is 1. The van der Waals surface area contributed by atoms with Crippen molar-refractivity contribution in [3.63, 3.8) is 0 Å². The molecule has 0 saturated heterocycles. The molecule has 7 heteroatoms. The highest BCUT2D eigenvalue weighted by Gasteiger charge is 2.41. The van der Waals surface area contributed by atoms with Gasteiger partial charge in [0.25, 0.3) is 0 Å². The largest absolute Gasteiger partial charge is 0.467 e. The summed E-state index contributed by atoms with van der Waals surface area (Å²) in [6.45, 7) is 2.62. The highest BCUT2D eigenvalue weighted by molar-refractivity contribution is 5.81. The van der Waals surface area contributed by atoms with Crippen LogP contribution in [0.4, 0.5) is 4.79 Å². The lowest BCUT2D eigenvalue weighted by atomic mass is 9.80. The van der Waals surface area contributed by atoms with E-state index >= 15 is 0 Å². The molecule has 27 heavy (non-hydrogen) atoms. The fourth-order valence-electron chi connectivity index (χ4n) is 3.47. The molecule has 1 aliphatic rings. The van der Waals surface area contributed by atoms with E-state index in [0.717, 1.165) is 5.56 Å². The molecule has 150 valence electrons. The molecule has 0 spiro atoms. The van der Waals surface area contributed by atoms with Crippen LogP contribution in [-0.2, 0) is 30.3 Å². The Balaban J connectivity index is 1.93. The Bertz CT molecular complexity index is 598. The molecule has 0 unspecified atom stereocenters. The second-order valence-corrected chi connectivity index (χ2v) is 6.59. The third kappa shape index (κ3) is 5.94. The predicted molar refractivity (Wildman–Crippen MR) is 98.9 cm³/mol. The van der Waals surface area contributed by atoms with Gasteiger partial charge in [-0.25, -0.2) is 9.59 Å². The summed E-state index contributed by atoms with van der Waals surface area (Å²) in [7, 11) is 2.95. The minimum absolute atomic E-state index is 0.0644. The molecule has 1 aromatic carbocycles. The highest BCUT2D eigenvalue weighted by atomic mass is 16.7. The second-order valence-electron chi connectivity index (χ2n) is 6.59. The standard InChI is InChI=1S/C20H29NO6/c1-4-27-20(25-3)12-10-16(11-13-20)17(18(22)24-2)21-19(23)26-14-15-8-6-5-7-9-15/h5-9,16-17H,4,10-14H2,1-3H3,(H,21,23)/t16?,17-,20?/m0/s1. The normalized spacial score (nSPS) is 23.3. The zero-order valence-electron chi connectivity index (χ0n) is 16.2. The Kier molecular flexibility index (Phi) is 8.06. The number of nitrogens with one attached hydrogen (secondary N) is 1. The maximum absolute atomic E-state index is 12.2. The Morgan fingerprint density at radius 2 is 1.85 bits per heavy atom. The summed E-state index contributed by atoms with van der Waals surface area (Å²) in [6, 6.07) is 8.61. The van der Waals surface area contributed by atoms with Crippen molar-refractivity contribution in [1.82, 2.24) is 5.32 Å². The van der Waals surface area contributed by atoms with E-state index in [1.165, 1.54) is 7.11 Å². The second kappa shape index (κ2) is 10.3. The van der Waals surface area contributed by atoms with Crippen molar-refractivity contribution >= 4 is 12.1 Å². The molecule has 0 bridgehead atoms. The van der Waals surface area contributed by atoms with Crippen LogP contribution in [0.2, 0.25) is 0 Å². The van der Waals surface area contributed by atoms with Crippen LogP contribution in [0.5, 0.6) is 0 Å². The van der Waals surface area contributed by atoms with Gasteiger partial charge in [-0.3, -0.25) is 0 Å². The van der Waals surface area contributed by atoms with Crippen LogP contribution in [-0.4, -0.2) is 44.7 Å². The van der Waals surface area contributed by atoms with Gasteiger partial charge in [0, 0.05) is 26.6 Å². The molecule has 1 N–H and O–H groups in total. The minimum atomic E-state index is -0.755. The van der Waals surface area contributed by atoms with E-state index < -0.39 is 23.9 Å². The summed E-state index contributed by atoms with van der Waals surface area (Å²) in [6.07, 6.45) is 2.01. The van der Waals surface area contributed by atoms with Crippen LogP contribution >= 0.6 is 0 Å². The van der Waals surface area contributed by atoms with Crippen molar-refractivity contribution in [2.45, 2.75) is 51.0 Å². The van der Waals surface area contributed by atoms with E-state index in [4.69, 9.17) is 18.9 Å². The van der Waals surface area contributed by atoms with Crippen molar-refractivity contribution in [2.75, 3.05) is 20.8 Å². The summed E-state index contributed by atoms with van der Waals surface area (Å²) in [5, 5.41) is 2.67. The third-order valence-electron chi connectivity index (χ3n) is 4.98. The zero-order chi connectivity index (χ0) is 19.7. The molecular formula is C20H29NO6. The number of rotatable bonds is 8. The van der Waals surface area contributed by atoms with E-state index in [9.17, 15) is 9.59 Å². The quantitative estimate of drug-likeness (QED) is 0.552. The number of hydrogen-bond donors (Lipinski definition) is 1. The van der Waals surface area contributed by atoms with Crippen LogP contribution in [0.15, 0.2) is 30.3 Å². The van der Waals surface area contributed by atoms with Gasteiger partial charge in [-0.05, 0) is 31.2 Å². The number of benzene rings is 1. The lowest BCUT2D eigenvalue weighted by molar-refractivity contribution is -0.241. The van der Waals surface area contributed by atoms with Crippen LogP contribution in [0, 0.1) is 5.92 Å². The molecule has 7 nitrogen and oxygen atoms in total. The fourth-order valence-corrected chi connectivity index (χ4v) is 3.47. The molecule has 1 amide bonds. The van der Waals surface area contributed by atoms with Crippen molar-refractivity contribution in [2.24, 2.45) is 5.92 Å². The maximum atomic E-state index is 12.2. The molecule has 1 fully saturated rings. The lowest BCUT2D eigenvalue weighted by Gasteiger charge is -2.40. The summed E-state index contributed by atoms with van der Waals surface area (Å²) < 4.78 is 21.4. The average Bonchev–Trinajstić information content (AvgIpc) is 2.71. The molecular weight excluding hydrogens is 350 g/mol. The molecule has 0 aromatic heterocycles. The van der Waals surface area contributed by atoms with Crippen molar-refractivity contribution in [1.29, 1.82) is 0 Å². The van der Waals surface area contributed by atoms with Gasteiger partial charge >= 0.3 is 12.1 Å². The average molecular weight is 379 g/mol. The number of esters is 1. The van der Waals surface area contributed by atoms with Gasteiger partial charge in [0.05, 0.1) is 7.11 Å².